The summed E-state index contributed by atoms with van der Waals surface area (Å²) in [6.45, 7) is 14.3. The Hall–Kier alpha value is -0.940. The maximum Gasteiger partial charge on any atom is 0.141 e. The normalized spacial score (nSPS) is 19.3. The summed E-state index contributed by atoms with van der Waals surface area (Å²) in [5.41, 5.74) is 0. The van der Waals surface area contributed by atoms with Gasteiger partial charge in [0.1, 0.15) is 12.2 Å². The molecule has 1 saturated heterocycles. The molecule has 1 N–H and O–H groups in total. The van der Waals surface area contributed by atoms with Gasteiger partial charge < -0.3 is 5.32 Å². The molecule has 1 aromatic rings. The first kappa shape index (κ1) is 16.4. The maximum atomic E-state index is 4.44. The molecule has 5 nitrogen and oxygen atoms in total. The zero-order valence-electron chi connectivity index (χ0n) is 14.0. The highest BCUT2D eigenvalue weighted by Crippen LogP contribution is 2.21. The highest BCUT2D eigenvalue weighted by Gasteiger charge is 2.24. The second-order valence-electron chi connectivity index (χ2n) is 6.71. The van der Waals surface area contributed by atoms with Crippen molar-refractivity contribution >= 4 is 0 Å². The molecule has 1 unspecified atom stereocenters. The molecule has 2 rings (SSSR count). The molecule has 0 spiro atoms. The number of nitrogens with zero attached hydrogens (tertiary/aromatic N) is 4. The van der Waals surface area contributed by atoms with Crippen LogP contribution in [0.5, 0.6) is 0 Å². The van der Waals surface area contributed by atoms with E-state index in [0.29, 0.717) is 12.0 Å². The number of hydrogen-bond donors (Lipinski definition) is 1. The van der Waals surface area contributed by atoms with Crippen LogP contribution in [0.1, 0.15) is 46.4 Å². The highest BCUT2D eigenvalue weighted by atomic mass is 15.3. The van der Waals surface area contributed by atoms with E-state index in [4.69, 9.17) is 0 Å². The van der Waals surface area contributed by atoms with E-state index in [1.54, 1.807) is 6.33 Å². The van der Waals surface area contributed by atoms with Crippen molar-refractivity contribution in [1.29, 1.82) is 0 Å². The third kappa shape index (κ3) is 4.78. The Kier molecular flexibility index (Phi) is 6.18. The van der Waals surface area contributed by atoms with Crippen LogP contribution < -0.4 is 5.32 Å². The van der Waals surface area contributed by atoms with E-state index in [-0.39, 0.29) is 0 Å². The first-order chi connectivity index (χ1) is 10.1. The largest absolute Gasteiger partial charge is 0.314 e. The van der Waals surface area contributed by atoms with Crippen LogP contribution in [0.25, 0.3) is 0 Å². The Balaban J connectivity index is 1.82. The van der Waals surface area contributed by atoms with Crippen molar-refractivity contribution in [1.82, 2.24) is 25.0 Å². The van der Waals surface area contributed by atoms with Crippen LogP contribution >= 0.6 is 0 Å². The molecule has 1 aromatic heterocycles. The minimum absolute atomic E-state index is 0.608. The van der Waals surface area contributed by atoms with Crippen molar-refractivity contribution < 1.29 is 0 Å². The molecule has 21 heavy (non-hydrogen) atoms. The summed E-state index contributed by atoms with van der Waals surface area (Å²) < 4.78 is 2.07. The summed E-state index contributed by atoms with van der Waals surface area (Å²) in [6, 6.07) is 0.641. The van der Waals surface area contributed by atoms with Crippen LogP contribution in [0.2, 0.25) is 0 Å². The lowest BCUT2D eigenvalue weighted by Gasteiger charge is -2.34. The van der Waals surface area contributed by atoms with E-state index in [1.807, 2.05) is 0 Å². The van der Waals surface area contributed by atoms with Gasteiger partial charge in [0.15, 0.2) is 0 Å². The predicted molar refractivity (Wildman–Crippen MR) is 86.0 cm³/mol. The zero-order valence-corrected chi connectivity index (χ0v) is 14.0. The lowest BCUT2D eigenvalue weighted by Crippen LogP contribution is -2.42. The number of rotatable bonds is 7. The van der Waals surface area contributed by atoms with Crippen LogP contribution in [-0.4, -0.2) is 45.3 Å². The van der Waals surface area contributed by atoms with Crippen LogP contribution in [0.15, 0.2) is 6.33 Å². The van der Waals surface area contributed by atoms with E-state index in [2.05, 4.69) is 52.7 Å². The third-order valence-corrected chi connectivity index (χ3v) is 4.46. The number of nitrogens with one attached hydrogen (secondary N) is 1. The second-order valence-corrected chi connectivity index (χ2v) is 6.71. The fraction of sp³-hybridized carbons (Fsp3) is 0.875. The summed E-state index contributed by atoms with van der Waals surface area (Å²) in [5.74, 6) is 2.54. The highest BCUT2D eigenvalue weighted by molar-refractivity contribution is 4.87. The fourth-order valence-corrected chi connectivity index (χ4v) is 3.21. The monoisotopic (exact) mass is 293 g/mol. The lowest BCUT2D eigenvalue weighted by molar-refractivity contribution is 0.152. The SMILES string of the molecule is CCNC(C)C1CCN(Cc2ncnn2CC(C)C)CC1. The van der Waals surface area contributed by atoms with Crippen molar-refractivity contribution in [2.75, 3.05) is 19.6 Å². The summed E-state index contributed by atoms with van der Waals surface area (Å²) in [4.78, 5) is 6.97. The number of hydrogen-bond acceptors (Lipinski definition) is 4. The fourth-order valence-electron chi connectivity index (χ4n) is 3.21. The Bertz CT molecular complexity index is 407. The van der Waals surface area contributed by atoms with Crippen molar-refractivity contribution in [2.24, 2.45) is 11.8 Å². The molecule has 0 radical (unpaired) electrons. The molecule has 0 amide bonds. The van der Waals surface area contributed by atoms with Crippen LogP contribution in [-0.2, 0) is 13.1 Å². The number of aromatic nitrogens is 3. The minimum Gasteiger partial charge on any atom is -0.314 e. The van der Waals surface area contributed by atoms with E-state index < -0.39 is 0 Å². The van der Waals surface area contributed by atoms with Crippen molar-refractivity contribution in [2.45, 2.75) is 59.7 Å². The minimum atomic E-state index is 0.608. The maximum absolute atomic E-state index is 4.44. The van der Waals surface area contributed by atoms with Gasteiger partial charge in [-0.15, -0.1) is 0 Å². The van der Waals surface area contributed by atoms with Crippen LogP contribution in [0.3, 0.4) is 0 Å². The first-order valence-electron chi connectivity index (χ1n) is 8.42. The van der Waals surface area contributed by atoms with E-state index in [0.717, 1.165) is 31.4 Å². The number of piperidine rings is 1. The molecule has 0 aliphatic carbocycles. The zero-order chi connectivity index (χ0) is 15.2. The molecule has 1 fully saturated rings. The molecule has 0 saturated carbocycles. The average Bonchev–Trinajstić information content (AvgIpc) is 2.86. The van der Waals surface area contributed by atoms with Gasteiger partial charge in [0.05, 0.1) is 6.54 Å². The summed E-state index contributed by atoms with van der Waals surface area (Å²) in [5, 5.41) is 7.92. The molecule has 120 valence electrons. The molecule has 2 heterocycles. The van der Waals surface area contributed by atoms with Gasteiger partial charge in [0, 0.05) is 12.6 Å². The molecule has 1 atom stereocenters. The van der Waals surface area contributed by atoms with E-state index in [9.17, 15) is 0 Å². The quantitative estimate of drug-likeness (QED) is 0.837. The Labute approximate surface area is 129 Å². The molecular formula is C16H31N5. The second kappa shape index (κ2) is 7.90. The van der Waals surface area contributed by atoms with Crippen LogP contribution in [0, 0.1) is 11.8 Å². The number of likely N-dealkylation sites (tertiary alicyclic amines) is 1. The molecule has 0 bridgehead atoms. The van der Waals surface area contributed by atoms with Crippen molar-refractivity contribution in [3.8, 4) is 0 Å². The van der Waals surface area contributed by atoms with Gasteiger partial charge in [-0.1, -0.05) is 20.8 Å². The van der Waals surface area contributed by atoms with Gasteiger partial charge in [-0.2, -0.15) is 5.10 Å². The van der Waals surface area contributed by atoms with Gasteiger partial charge >= 0.3 is 0 Å². The average molecular weight is 293 g/mol. The Morgan fingerprint density at radius 2 is 2.00 bits per heavy atom. The topological polar surface area (TPSA) is 46.0 Å². The van der Waals surface area contributed by atoms with E-state index in [1.165, 1.54) is 25.9 Å². The first-order valence-corrected chi connectivity index (χ1v) is 8.42. The standard InChI is InChI=1S/C16H31N5/c1-5-17-14(4)15-6-8-20(9-7-15)11-16-18-12-19-21(16)10-13(2)3/h12-15,17H,5-11H2,1-4H3. The molecule has 0 aromatic carbocycles. The summed E-state index contributed by atoms with van der Waals surface area (Å²) in [6.07, 6.45) is 4.26. The summed E-state index contributed by atoms with van der Waals surface area (Å²) >= 11 is 0. The molecule has 1 aliphatic rings. The van der Waals surface area contributed by atoms with Gasteiger partial charge in [-0.25, -0.2) is 9.67 Å². The lowest BCUT2D eigenvalue weighted by atomic mass is 9.90. The third-order valence-electron chi connectivity index (χ3n) is 4.46. The van der Waals surface area contributed by atoms with Crippen molar-refractivity contribution in [3.63, 3.8) is 0 Å². The van der Waals surface area contributed by atoms with Gasteiger partial charge in [-0.3, -0.25) is 4.90 Å². The Morgan fingerprint density at radius 1 is 1.29 bits per heavy atom. The van der Waals surface area contributed by atoms with Gasteiger partial charge in [0.2, 0.25) is 0 Å². The molecule has 1 aliphatic heterocycles. The van der Waals surface area contributed by atoms with Crippen LogP contribution in [0.4, 0.5) is 0 Å². The van der Waals surface area contributed by atoms with Crippen molar-refractivity contribution in [3.05, 3.63) is 12.2 Å². The Morgan fingerprint density at radius 3 is 2.62 bits per heavy atom. The summed E-state index contributed by atoms with van der Waals surface area (Å²) in [7, 11) is 0. The smallest absolute Gasteiger partial charge is 0.141 e. The molecule has 5 heteroatoms. The molecular weight excluding hydrogens is 262 g/mol. The van der Waals surface area contributed by atoms with E-state index >= 15 is 0 Å². The van der Waals surface area contributed by atoms with Gasteiger partial charge in [-0.05, 0) is 51.2 Å². The van der Waals surface area contributed by atoms with Gasteiger partial charge in [0.25, 0.3) is 0 Å². The predicted octanol–water partition coefficient (Wildman–Crippen LogP) is 2.14.